The molecule has 124 valence electrons. The highest BCUT2D eigenvalue weighted by atomic mass is 16.2. The van der Waals surface area contributed by atoms with Gasteiger partial charge in [0.2, 0.25) is 5.91 Å². The molecule has 1 heterocycles. The molecule has 1 aromatic rings. The lowest BCUT2D eigenvalue weighted by Crippen LogP contribution is -2.30. The summed E-state index contributed by atoms with van der Waals surface area (Å²) in [6, 6.07) is 7.22. The van der Waals surface area contributed by atoms with Crippen molar-refractivity contribution in [1.82, 2.24) is 4.90 Å². The van der Waals surface area contributed by atoms with E-state index in [1.165, 1.54) is 0 Å². The molecular formula is C18H25N3O2. The van der Waals surface area contributed by atoms with Crippen molar-refractivity contribution in [2.45, 2.75) is 32.1 Å². The first kappa shape index (κ1) is 16.0. The highest BCUT2D eigenvalue weighted by Gasteiger charge is 2.31. The maximum Gasteiger partial charge on any atom is 0.253 e. The largest absolute Gasteiger partial charge is 0.339 e. The van der Waals surface area contributed by atoms with Crippen LogP contribution in [0, 0.1) is 11.8 Å². The number of benzene rings is 1. The molecule has 2 fully saturated rings. The van der Waals surface area contributed by atoms with Gasteiger partial charge in [-0.05, 0) is 62.4 Å². The number of carbonyl (C=O) groups is 2. The Morgan fingerprint density at radius 1 is 1.09 bits per heavy atom. The zero-order chi connectivity index (χ0) is 16.2. The van der Waals surface area contributed by atoms with Gasteiger partial charge in [-0.25, -0.2) is 0 Å². The lowest BCUT2D eigenvalue weighted by atomic mass is 9.95. The van der Waals surface area contributed by atoms with Crippen molar-refractivity contribution in [2.75, 3.05) is 25.0 Å². The first-order chi connectivity index (χ1) is 11.2. The fourth-order valence-corrected chi connectivity index (χ4v) is 3.70. The van der Waals surface area contributed by atoms with Crippen LogP contribution in [0.15, 0.2) is 24.3 Å². The Hall–Kier alpha value is -1.88. The Morgan fingerprint density at radius 2 is 1.78 bits per heavy atom. The van der Waals surface area contributed by atoms with Crippen LogP contribution in [0.4, 0.5) is 5.69 Å². The number of hydrogen-bond acceptors (Lipinski definition) is 3. The Balaban J connectivity index is 1.61. The predicted octanol–water partition coefficient (Wildman–Crippen LogP) is 2.24. The molecule has 2 amide bonds. The summed E-state index contributed by atoms with van der Waals surface area (Å²) in [4.78, 5) is 26.6. The average molecular weight is 315 g/mol. The zero-order valence-corrected chi connectivity index (χ0v) is 13.5. The van der Waals surface area contributed by atoms with Gasteiger partial charge in [-0.3, -0.25) is 9.59 Å². The highest BCUT2D eigenvalue weighted by Crippen LogP contribution is 2.31. The van der Waals surface area contributed by atoms with Gasteiger partial charge < -0.3 is 16.0 Å². The molecule has 0 spiro atoms. The molecule has 0 unspecified atom stereocenters. The summed E-state index contributed by atoms with van der Waals surface area (Å²) in [7, 11) is 0. The van der Waals surface area contributed by atoms with Gasteiger partial charge in [0.05, 0.1) is 0 Å². The number of carbonyl (C=O) groups excluding carboxylic acids is 2. The second-order valence-corrected chi connectivity index (χ2v) is 6.60. The number of hydrogen-bond donors (Lipinski definition) is 2. The fraction of sp³-hybridized carbons (Fsp3) is 0.556. The molecule has 23 heavy (non-hydrogen) atoms. The standard InChI is InChI=1S/C18H25N3O2/c19-12-14-4-3-5-16(14)17(22)20-15-8-6-13(7-9-15)18(23)21-10-1-2-11-21/h6-9,14,16H,1-5,10-12,19H2,(H,20,22)/t14-,16-/m1/s1. The first-order valence-electron chi connectivity index (χ1n) is 8.59. The quantitative estimate of drug-likeness (QED) is 0.894. The number of amides is 2. The van der Waals surface area contributed by atoms with E-state index in [0.29, 0.717) is 18.0 Å². The van der Waals surface area contributed by atoms with Gasteiger partial charge in [0.1, 0.15) is 0 Å². The van der Waals surface area contributed by atoms with E-state index in [-0.39, 0.29) is 17.7 Å². The maximum atomic E-state index is 12.4. The molecule has 3 N–H and O–H groups in total. The van der Waals surface area contributed by atoms with Crippen LogP contribution in [0.2, 0.25) is 0 Å². The number of rotatable bonds is 4. The zero-order valence-electron chi connectivity index (χ0n) is 13.5. The lowest BCUT2D eigenvalue weighted by Gasteiger charge is -2.18. The third kappa shape index (κ3) is 3.55. The van der Waals surface area contributed by atoms with Gasteiger partial charge in [-0.1, -0.05) is 6.42 Å². The number of likely N-dealkylation sites (tertiary alicyclic amines) is 1. The molecule has 2 aliphatic rings. The van der Waals surface area contributed by atoms with E-state index >= 15 is 0 Å². The molecule has 5 nitrogen and oxygen atoms in total. The molecule has 0 radical (unpaired) electrons. The Morgan fingerprint density at radius 3 is 2.43 bits per heavy atom. The molecule has 1 saturated heterocycles. The molecule has 5 heteroatoms. The number of anilines is 1. The molecule has 2 atom stereocenters. The monoisotopic (exact) mass is 315 g/mol. The second-order valence-electron chi connectivity index (χ2n) is 6.60. The molecule has 1 saturated carbocycles. The Kier molecular flexibility index (Phi) is 4.96. The smallest absolute Gasteiger partial charge is 0.253 e. The van der Waals surface area contributed by atoms with Gasteiger partial charge in [-0.15, -0.1) is 0 Å². The van der Waals surface area contributed by atoms with Crippen molar-refractivity contribution >= 4 is 17.5 Å². The SMILES string of the molecule is NC[C@H]1CCC[C@H]1C(=O)Nc1ccc(C(=O)N2CCCC2)cc1. The van der Waals surface area contributed by atoms with Crippen molar-refractivity contribution in [3.8, 4) is 0 Å². The van der Waals surface area contributed by atoms with E-state index < -0.39 is 0 Å². The van der Waals surface area contributed by atoms with Gasteiger partial charge in [0.25, 0.3) is 5.91 Å². The summed E-state index contributed by atoms with van der Waals surface area (Å²) in [6.45, 7) is 2.26. The minimum absolute atomic E-state index is 0.0194. The van der Waals surface area contributed by atoms with E-state index in [1.807, 2.05) is 17.0 Å². The van der Waals surface area contributed by atoms with Crippen molar-refractivity contribution < 1.29 is 9.59 Å². The summed E-state index contributed by atoms with van der Waals surface area (Å²) in [6.07, 6.45) is 5.20. The molecule has 0 bridgehead atoms. The van der Waals surface area contributed by atoms with Crippen LogP contribution in [-0.2, 0) is 4.79 Å². The molecule has 1 aromatic carbocycles. The third-order valence-electron chi connectivity index (χ3n) is 5.09. The van der Waals surface area contributed by atoms with Crippen LogP contribution >= 0.6 is 0 Å². The summed E-state index contributed by atoms with van der Waals surface area (Å²) < 4.78 is 0. The number of nitrogens with zero attached hydrogens (tertiary/aromatic N) is 1. The van der Waals surface area contributed by atoms with Gasteiger partial charge in [-0.2, -0.15) is 0 Å². The van der Waals surface area contributed by atoms with Gasteiger partial charge in [0.15, 0.2) is 0 Å². The highest BCUT2D eigenvalue weighted by molar-refractivity contribution is 5.96. The normalized spacial score (nSPS) is 24.0. The third-order valence-corrected chi connectivity index (χ3v) is 5.09. The van der Waals surface area contributed by atoms with Crippen LogP contribution in [0.25, 0.3) is 0 Å². The van der Waals surface area contributed by atoms with E-state index in [4.69, 9.17) is 5.73 Å². The van der Waals surface area contributed by atoms with Crippen molar-refractivity contribution in [3.05, 3.63) is 29.8 Å². The second kappa shape index (κ2) is 7.13. The predicted molar refractivity (Wildman–Crippen MR) is 90.1 cm³/mol. The topological polar surface area (TPSA) is 75.4 Å². The van der Waals surface area contributed by atoms with Crippen LogP contribution in [-0.4, -0.2) is 36.3 Å². The van der Waals surface area contributed by atoms with Gasteiger partial charge >= 0.3 is 0 Å². The van der Waals surface area contributed by atoms with Crippen LogP contribution in [0.3, 0.4) is 0 Å². The number of nitrogens with two attached hydrogens (primary N) is 1. The van der Waals surface area contributed by atoms with Gasteiger partial charge in [0, 0.05) is 30.3 Å². The summed E-state index contributed by atoms with van der Waals surface area (Å²) in [5.74, 6) is 0.452. The summed E-state index contributed by atoms with van der Waals surface area (Å²) in [5, 5.41) is 2.96. The van der Waals surface area contributed by atoms with E-state index in [1.54, 1.807) is 12.1 Å². The number of nitrogens with one attached hydrogen (secondary N) is 1. The molecule has 3 rings (SSSR count). The van der Waals surface area contributed by atoms with Crippen molar-refractivity contribution in [2.24, 2.45) is 17.6 Å². The average Bonchev–Trinajstić information content (AvgIpc) is 3.26. The van der Waals surface area contributed by atoms with E-state index in [0.717, 1.165) is 50.9 Å². The maximum absolute atomic E-state index is 12.4. The summed E-state index contributed by atoms with van der Waals surface area (Å²) in [5.41, 5.74) is 7.18. The minimum atomic E-state index is 0.0194. The minimum Gasteiger partial charge on any atom is -0.339 e. The van der Waals surface area contributed by atoms with E-state index in [2.05, 4.69) is 5.32 Å². The van der Waals surface area contributed by atoms with E-state index in [9.17, 15) is 9.59 Å². The van der Waals surface area contributed by atoms with Crippen molar-refractivity contribution in [1.29, 1.82) is 0 Å². The van der Waals surface area contributed by atoms with Crippen LogP contribution in [0.5, 0.6) is 0 Å². The van der Waals surface area contributed by atoms with Crippen LogP contribution in [0.1, 0.15) is 42.5 Å². The molecule has 1 aliphatic heterocycles. The Bertz CT molecular complexity index is 564. The fourth-order valence-electron chi connectivity index (χ4n) is 3.70. The Labute approximate surface area is 137 Å². The molecule has 1 aliphatic carbocycles. The van der Waals surface area contributed by atoms with Crippen molar-refractivity contribution in [3.63, 3.8) is 0 Å². The summed E-state index contributed by atoms with van der Waals surface area (Å²) >= 11 is 0. The van der Waals surface area contributed by atoms with Crippen LogP contribution < -0.4 is 11.1 Å². The molecular weight excluding hydrogens is 290 g/mol. The lowest BCUT2D eigenvalue weighted by molar-refractivity contribution is -0.120. The molecule has 0 aromatic heterocycles. The first-order valence-corrected chi connectivity index (χ1v) is 8.59.